The Hall–Kier alpha value is -1.93. The number of aliphatic imine (C=N–C) groups is 2. The standard InChI is InChI=1S/C11H16N5O3/c1-15-9-8(10(17)16(2)11(15)18)13-7(14-9)6-12-4-5-19-3/h12H,4-6H2,1-3H3/q+1. The third-order valence-electron chi connectivity index (χ3n) is 2.85. The van der Waals surface area contributed by atoms with Crippen molar-refractivity contribution >= 4 is 29.3 Å². The molecule has 0 aromatic carbocycles. The number of rotatable bonds is 5. The summed E-state index contributed by atoms with van der Waals surface area (Å²) >= 11 is 0. The summed E-state index contributed by atoms with van der Waals surface area (Å²) in [5.41, 5.74) is 0.216. The van der Waals surface area contributed by atoms with Gasteiger partial charge < -0.3 is 10.1 Å². The molecule has 19 heavy (non-hydrogen) atoms. The van der Waals surface area contributed by atoms with E-state index in [1.165, 1.54) is 11.6 Å². The first kappa shape index (κ1) is 13.5. The van der Waals surface area contributed by atoms with Gasteiger partial charge in [0.15, 0.2) is 0 Å². The largest absolute Gasteiger partial charge is 0.446 e. The zero-order valence-corrected chi connectivity index (χ0v) is 11.1. The van der Waals surface area contributed by atoms with E-state index in [0.29, 0.717) is 31.4 Å². The van der Waals surface area contributed by atoms with Crippen LogP contribution >= 0.6 is 0 Å². The average Bonchev–Trinajstić information content (AvgIpc) is 2.83. The van der Waals surface area contributed by atoms with Crippen molar-refractivity contribution in [2.24, 2.45) is 9.98 Å². The molecule has 0 saturated carbocycles. The Labute approximate surface area is 110 Å². The predicted molar refractivity (Wildman–Crippen MR) is 69.0 cm³/mol. The molecule has 8 heteroatoms. The summed E-state index contributed by atoms with van der Waals surface area (Å²) in [6, 6.07) is -0.406. The first-order chi connectivity index (χ1) is 9.06. The van der Waals surface area contributed by atoms with E-state index in [4.69, 9.17) is 4.74 Å². The summed E-state index contributed by atoms with van der Waals surface area (Å²) < 4.78 is 6.23. The molecular weight excluding hydrogens is 250 g/mol. The van der Waals surface area contributed by atoms with Gasteiger partial charge in [0.25, 0.3) is 0 Å². The highest BCUT2D eigenvalue weighted by atomic mass is 16.5. The number of imide groups is 1. The number of carbonyl (C=O) groups is 2. The monoisotopic (exact) mass is 266 g/mol. The second-order valence-corrected chi connectivity index (χ2v) is 4.19. The fourth-order valence-electron chi connectivity index (χ4n) is 1.77. The summed E-state index contributed by atoms with van der Waals surface area (Å²) in [5, 5.41) is 3.09. The second-order valence-electron chi connectivity index (χ2n) is 4.19. The van der Waals surface area contributed by atoms with E-state index in [9.17, 15) is 9.59 Å². The van der Waals surface area contributed by atoms with E-state index >= 15 is 0 Å². The summed E-state index contributed by atoms with van der Waals surface area (Å²) in [7, 11) is 4.62. The lowest BCUT2D eigenvalue weighted by Gasteiger charge is -2.15. The van der Waals surface area contributed by atoms with Gasteiger partial charge >= 0.3 is 17.8 Å². The van der Waals surface area contributed by atoms with Crippen molar-refractivity contribution in [2.45, 2.75) is 0 Å². The lowest BCUT2D eigenvalue weighted by Crippen LogP contribution is -2.51. The Kier molecular flexibility index (Phi) is 3.82. The number of hydrogen-bond donors (Lipinski definition) is 1. The number of amidine groups is 2. The van der Waals surface area contributed by atoms with Crippen LogP contribution in [-0.4, -0.2) is 79.7 Å². The van der Waals surface area contributed by atoms with Crippen molar-refractivity contribution in [1.82, 2.24) is 10.2 Å². The maximum absolute atomic E-state index is 11.9. The Morgan fingerprint density at radius 2 is 2.11 bits per heavy atom. The van der Waals surface area contributed by atoms with Gasteiger partial charge in [0, 0.05) is 13.7 Å². The number of amides is 3. The van der Waals surface area contributed by atoms with Crippen molar-refractivity contribution in [1.29, 1.82) is 0 Å². The van der Waals surface area contributed by atoms with Gasteiger partial charge in [-0.05, 0) is 0 Å². The molecule has 0 bridgehead atoms. The van der Waals surface area contributed by atoms with Gasteiger partial charge in [-0.1, -0.05) is 4.99 Å². The number of ether oxygens (including phenoxy) is 1. The molecule has 1 N–H and O–H groups in total. The first-order valence-corrected chi connectivity index (χ1v) is 5.85. The molecule has 2 heterocycles. The van der Waals surface area contributed by atoms with Crippen molar-refractivity contribution in [2.75, 3.05) is 40.9 Å². The molecule has 0 spiro atoms. The van der Waals surface area contributed by atoms with Gasteiger partial charge in [-0.3, -0.25) is 0 Å². The lowest BCUT2D eigenvalue weighted by atomic mass is 10.2. The molecule has 0 atom stereocenters. The van der Waals surface area contributed by atoms with E-state index in [1.54, 1.807) is 14.2 Å². The minimum Gasteiger partial charge on any atom is -0.383 e. The van der Waals surface area contributed by atoms with Gasteiger partial charge in [-0.25, -0.2) is 14.6 Å². The van der Waals surface area contributed by atoms with Gasteiger partial charge in [-0.2, -0.15) is 9.48 Å². The molecule has 0 aromatic heterocycles. The summed E-state index contributed by atoms with van der Waals surface area (Å²) in [5.74, 6) is 0.384. The van der Waals surface area contributed by atoms with Gasteiger partial charge in [0.1, 0.15) is 0 Å². The molecular formula is C11H16N5O3+. The van der Waals surface area contributed by atoms with Crippen LogP contribution in [0.4, 0.5) is 4.79 Å². The quantitative estimate of drug-likeness (QED) is 0.495. The van der Waals surface area contributed by atoms with E-state index in [2.05, 4.69) is 15.3 Å². The number of methoxy groups -OCH3 is 1. The van der Waals surface area contributed by atoms with Gasteiger partial charge in [-0.15, -0.1) is 0 Å². The van der Waals surface area contributed by atoms with Crippen LogP contribution in [0.25, 0.3) is 0 Å². The number of carbonyl (C=O) groups excluding carboxylic acids is 2. The van der Waals surface area contributed by atoms with E-state index in [-0.39, 0.29) is 5.71 Å². The van der Waals surface area contributed by atoms with Crippen molar-refractivity contribution in [3.8, 4) is 0 Å². The summed E-state index contributed by atoms with van der Waals surface area (Å²) in [6.07, 6.45) is 0. The fourth-order valence-corrected chi connectivity index (χ4v) is 1.77. The van der Waals surface area contributed by atoms with Crippen LogP contribution in [0, 0.1) is 0 Å². The van der Waals surface area contributed by atoms with Gasteiger partial charge in [0.2, 0.25) is 11.5 Å². The highest BCUT2D eigenvalue weighted by Crippen LogP contribution is 2.09. The molecule has 8 nitrogen and oxygen atoms in total. The molecule has 2 aliphatic heterocycles. The maximum atomic E-state index is 11.9. The van der Waals surface area contributed by atoms with E-state index < -0.39 is 11.9 Å². The zero-order chi connectivity index (χ0) is 14.0. The number of hydrogen-bond acceptors (Lipinski definition) is 6. The van der Waals surface area contributed by atoms with Gasteiger partial charge in [0.05, 0.1) is 27.2 Å². The molecule has 0 saturated heterocycles. The average molecular weight is 266 g/mol. The minimum absolute atomic E-state index is 0.216. The third-order valence-corrected chi connectivity index (χ3v) is 2.85. The Morgan fingerprint density at radius 3 is 2.79 bits per heavy atom. The Bertz CT molecular complexity index is 520. The Morgan fingerprint density at radius 1 is 1.37 bits per heavy atom. The van der Waals surface area contributed by atoms with Crippen molar-refractivity contribution in [3.63, 3.8) is 0 Å². The van der Waals surface area contributed by atoms with Crippen LogP contribution in [0.2, 0.25) is 0 Å². The number of fused-ring (bicyclic) bond motifs is 1. The third kappa shape index (κ3) is 2.45. The molecule has 102 valence electrons. The SMILES string of the molecule is COCCNCC1=NC2=[N+](C)C(=O)N(C)C(=O)C2=N1. The molecule has 0 aliphatic carbocycles. The molecule has 2 aliphatic rings. The number of urea groups is 1. The first-order valence-electron chi connectivity index (χ1n) is 5.85. The Balaban J connectivity index is 2.14. The second kappa shape index (κ2) is 5.37. The molecule has 0 radical (unpaired) electrons. The highest BCUT2D eigenvalue weighted by Gasteiger charge is 2.44. The van der Waals surface area contributed by atoms with Crippen LogP contribution in [0.3, 0.4) is 0 Å². The highest BCUT2D eigenvalue weighted by molar-refractivity contribution is 6.70. The van der Waals surface area contributed by atoms with Crippen molar-refractivity contribution < 1.29 is 18.9 Å². The molecule has 0 aromatic rings. The zero-order valence-electron chi connectivity index (χ0n) is 11.1. The predicted octanol–water partition coefficient (Wildman–Crippen LogP) is -1.29. The smallest absolute Gasteiger partial charge is 0.383 e. The maximum Gasteiger partial charge on any atom is 0.446 e. The van der Waals surface area contributed by atoms with Crippen LogP contribution in [0.15, 0.2) is 9.98 Å². The summed E-state index contributed by atoms with van der Waals surface area (Å²) in [6.45, 7) is 1.67. The van der Waals surface area contributed by atoms with Crippen LogP contribution in [0.1, 0.15) is 0 Å². The normalized spacial score (nSPS) is 18.8. The minimum atomic E-state index is -0.422. The van der Waals surface area contributed by atoms with Crippen LogP contribution < -0.4 is 5.32 Å². The number of nitrogens with zero attached hydrogens (tertiary/aromatic N) is 4. The van der Waals surface area contributed by atoms with E-state index in [1.807, 2.05) is 0 Å². The molecule has 3 amide bonds. The lowest BCUT2D eigenvalue weighted by molar-refractivity contribution is -0.401. The van der Waals surface area contributed by atoms with Crippen LogP contribution in [0.5, 0.6) is 0 Å². The molecule has 0 fully saturated rings. The number of nitrogens with one attached hydrogen (secondary N) is 1. The summed E-state index contributed by atoms with van der Waals surface area (Å²) in [4.78, 5) is 33.0. The molecule has 0 unspecified atom stereocenters. The topological polar surface area (TPSA) is 86.4 Å². The fraction of sp³-hybridized carbons (Fsp3) is 0.545. The molecule has 2 rings (SSSR count). The van der Waals surface area contributed by atoms with E-state index in [0.717, 1.165) is 4.90 Å². The van der Waals surface area contributed by atoms with Crippen molar-refractivity contribution in [3.05, 3.63) is 0 Å². The van der Waals surface area contributed by atoms with Crippen LogP contribution in [-0.2, 0) is 9.53 Å².